The van der Waals surface area contributed by atoms with Crippen molar-refractivity contribution in [3.8, 4) is 5.75 Å². The summed E-state index contributed by atoms with van der Waals surface area (Å²) in [5.74, 6) is -1.69. The molecule has 1 aromatic heterocycles. The first-order valence-electron chi connectivity index (χ1n) is 8.51. The molecule has 2 N–H and O–H groups in total. The molecule has 1 fully saturated rings. The number of aromatic nitrogens is 1. The number of aliphatic hydroxyl groups excluding tert-OH is 1. The van der Waals surface area contributed by atoms with Crippen molar-refractivity contribution < 1.29 is 24.5 Å². The first-order chi connectivity index (χ1) is 13.0. The number of aliphatic hydroxyl groups is 1. The van der Waals surface area contributed by atoms with Gasteiger partial charge in [-0.15, -0.1) is 0 Å². The zero-order valence-corrected chi connectivity index (χ0v) is 14.8. The van der Waals surface area contributed by atoms with Gasteiger partial charge in [-0.05, 0) is 36.2 Å². The number of pyridine rings is 1. The lowest BCUT2D eigenvalue weighted by atomic mass is 9.95. The molecular formula is C20H20N2O5. The molecule has 7 nitrogen and oxygen atoms in total. The second kappa shape index (κ2) is 8.01. The van der Waals surface area contributed by atoms with E-state index in [1.807, 2.05) is 0 Å². The van der Waals surface area contributed by atoms with E-state index in [0.29, 0.717) is 24.2 Å². The number of Topliss-reactive ketones (excluding diaryl/α,β-unsaturated/α-hetero) is 1. The average Bonchev–Trinajstić information content (AvgIpc) is 2.93. The molecule has 1 aromatic carbocycles. The smallest absolute Gasteiger partial charge is 0.295 e. The fourth-order valence-electron chi connectivity index (χ4n) is 3.20. The predicted octanol–water partition coefficient (Wildman–Crippen LogP) is 2.25. The molecule has 1 saturated heterocycles. The van der Waals surface area contributed by atoms with Crippen molar-refractivity contribution in [1.82, 2.24) is 9.88 Å². The number of hydrogen-bond acceptors (Lipinski definition) is 6. The molecule has 1 aliphatic rings. The van der Waals surface area contributed by atoms with Gasteiger partial charge in [-0.25, -0.2) is 0 Å². The maximum atomic E-state index is 12.7. The van der Waals surface area contributed by atoms with Gasteiger partial charge < -0.3 is 19.8 Å². The topological polar surface area (TPSA) is 100.0 Å². The summed E-state index contributed by atoms with van der Waals surface area (Å²) in [4.78, 5) is 30.6. The van der Waals surface area contributed by atoms with Gasteiger partial charge in [0, 0.05) is 38.2 Å². The van der Waals surface area contributed by atoms with Crippen LogP contribution in [0, 0.1) is 0 Å². The maximum Gasteiger partial charge on any atom is 0.295 e. The van der Waals surface area contributed by atoms with Crippen LogP contribution in [0.2, 0.25) is 0 Å². The lowest BCUT2D eigenvalue weighted by Crippen LogP contribution is -2.31. The number of aromatic hydroxyl groups is 1. The van der Waals surface area contributed by atoms with Crippen LogP contribution in [0.3, 0.4) is 0 Å². The van der Waals surface area contributed by atoms with Gasteiger partial charge >= 0.3 is 0 Å². The molecule has 2 aromatic rings. The Hall–Kier alpha value is -3.19. The number of ether oxygens (including phenoxy) is 1. The Bertz CT molecular complexity index is 879. The van der Waals surface area contributed by atoms with E-state index < -0.39 is 17.7 Å². The molecule has 1 aliphatic heterocycles. The molecule has 0 aliphatic carbocycles. The zero-order valence-electron chi connectivity index (χ0n) is 14.8. The predicted molar refractivity (Wildman–Crippen MR) is 97.8 cm³/mol. The van der Waals surface area contributed by atoms with E-state index in [2.05, 4.69) is 4.98 Å². The average molecular weight is 368 g/mol. The number of likely N-dealkylation sites (tertiary alicyclic amines) is 1. The van der Waals surface area contributed by atoms with E-state index in [9.17, 15) is 19.8 Å². The van der Waals surface area contributed by atoms with E-state index in [0.717, 1.165) is 0 Å². The highest BCUT2D eigenvalue weighted by Crippen LogP contribution is 2.40. The number of amides is 1. The lowest BCUT2D eigenvalue weighted by Gasteiger charge is -2.25. The normalized spacial score (nSPS) is 18.9. The minimum Gasteiger partial charge on any atom is -0.508 e. The molecule has 7 heteroatoms. The quantitative estimate of drug-likeness (QED) is 0.351. The van der Waals surface area contributed by atoms with Crippen LogP contribution in [-0.4, -0.2) is 52.0 Å². The largest absolute Gasteiger partial charge is 0.508 e. The molecule has 140 valence electrons. The number of hydrogen-bond donors (Lipinski definition) is 2. The van der Waals surface area contributed by atoms with E-state index in [1.54, 1.807) is 31.4 Å². The van der Waals surface area contributed by atoms with Crippen molar-refractivity contribution in [2.45, 2.75) is 12.5 Å². The van der Waals surface area contributed by atoms with Gasteiger partial charge in [-0.1, -0.05) is 12.1 Å². The number of nitrogens with zero attached hydrogens (tertiary/aromatic N) is 2. The molecule has 0 saturated carbocycles. The number of benzene rings is 1. The summed E-state index contributed by atoms with van der Waals surface area (Å²) in [5, 5.41) is 20.6. The monoisotopic (exact) mass is 368 g/mol. The summed E-state index contributed by atoms with van der Waals surface area (Å²) in [6.45, 7) is 0.714. The number of ketones is 1. The van der Waals surface area contributed by atoms with Crippen molar-refractivity contribution in [1.29, 1.82) is 0 Å². The van der Waals surface area contributed by atoms with E-state index in [4.69, 9.17) is 4.74 Å². The summed E-state index contributed by atoms with van der Waals surface area (Å²) >= 11 is 0. The van der Waals surface area contributed by atoms with Crippen molar-refractivity contribution >= 4 is 17.4 Å². The van der Waals surface area contributed by atoms with Crippen molar-refractivity contribution in [3.63, 3.8) is 0 Å². The molecule has 0 radical (unpaired) electrons. The summed E-state index contributed by atoms with van der Waals surface area (Å²) < 4.78 is 5.04. The Kier molecular flexibility index (Phi) is 5.52. The summed E-state index contributed by atoms with van der Waals surface area (Å²) in [6, 6.07) is 8.66. The highest BCUT2D eigenvalue weighted by molar-refractivity contribution is 6.46. The number of methoxy groups -OCH3 is 1. The summed E-state index contributed by atoms with van der Waals surface area (Å²) in [5.41, 5.74) is 0.932. The number of carbonyl (C=O) groups excluding carboxylic acids is 2. The molecule has 1 atom stereocenters. The van der Waals surface area contributed by atoms with Crippen LogP contribution in [0.4, 0.5) is 0 Å². The zero-order chi connectivity index (χ0) is 19.4. The third-order valence-corrected chi connectivity index (χ3v) is 4.43. The van der Waals surface area contributed by atoms with Gasteiger partial charge in [0.1, 0.15) is 11.5 Å². The fraction of sp³-hybridized carbons (Fsp3) is 0.250. The van der Waals surface area contributed by atoms with E-state index in [-0.39, 0.29) is 23.6 Å². The Balaban J connectivity index is 2.12. The van der Waals surface area contributed by atoms with Crippen LogP contribution in [0.5, 0.6) is 5.75 Å². The minimum atomic E-state index is -0.790. The Morgan fingerprint density at radius 2 is 1.96 bits per heavy atom. The van der Waals surface area contributed by atoms with Crippen LogP contribution in [0.1, 0.15) is 23.6 Å². The van der Waals surface area contributed by atoms with Crippen LogP contribution >= 0.6 is 0 Å². The van der Waals surface area contributed by atoms with E-state index >= 15 is 0 Å². The molecule has 1 amide bonds. The molecule has 1 unspecified atom stereocenters. The van der Waals surface area contributed by atoms with Crippen molar-refractivity contribution in [2.75, 3.05) is 20.3 Å². The van der Waals surface area contributed by atoms with Crippen molar-refractivity contribution in [3.05, 3.63) is 65.5 Å². The lowest BCUT2D eigenvalue weighted by molar-refractivity contribution is -0.140. The second-order valence-electron chi connectivity index (χ2n) is 6.17. The third kappa shape index (κ3) is 3.68. The molecule has 0 bridgehead atoms. The van der Waals surface area contributed by atoms with Crippen LogP contribution < -0.4 is 0 Å². The Morgan fingerprint density at radius 1 is 1.22 bits per heavy atom. The SMILES string of the molecule is COCCCN1C(=O)C(=O)/C(=C(\O)c2ccncc2)C1c1cccc(O)c1. The van der Waals surface area contributed by atoms with Gasteiger partial charge in [-0.3, -0.25) is 14.6 Å². The molecular weight excluding hydrogens is 348 g/mol. The highest BCUT2D eigenvalue weighted by atomic mass is 16.5. The Morgan fingerprint density at radius 3 is 2.63 bits per heavy atom. The first-order valence-corrected chi connectivity index (χ1v) is 8.51. The van der Waals surface area contributed by atoms with E-state index in [1.165, 1.54) is 29.4 Å². The van der Waals surface area contributed by atoms with Gasteiger partial charge in [-0.2, -0.15) is 0 Å². The third-order valence-electron chi connectivity index (χ3n) is 4.43. The van der Waals surface area contributed by atoms with Crippen LogP contribution in [0.25, 0.3) is 5.76 Å². The van der Waals surface area contributed by atoms with Crippen LogP contribution in [-0.2, 0) is 14.3 Å². The number of carbonyl (C=O) groups is 2. The maximum absolute atomic E-state index is 12.7. The number of phenols is 1. The number of phenolic OH excluding ortho intramolecular Hbond substituents is 1. The second-order valence-corrected chi connectivity index (χ2v) is 6.17. The standard InChI is InChI=1S/C20H20N2O5/c1-27-11-3-10-22-17(14-4-2-5-15(23)12-14)16(19(25)20(22)26)18(24)13-6-8-21-9-7-13/h2,4-9,12,17,23-24H,3,10-11H2,1H3/b18-16-. The molecule has 0 spiro atoms. The van der Waals surface area contributed by atoms with Crippen LogP contribution in [0.15, 0.2) is 54.4 Å². The first kappa shape index (κ1) is 18.6. The fourth-order valence-corrected chi connectivity index (χ4v) is 3.20. The molecule has 3 rings (SSSR count). The summed E-state index contributed by atoms with van der Waals surface area (Å²) in [6.07, 6.45) is 3.52. The molecule has 2 heterocycles. The van der Waals surface area contributed by atoms with Gasteiger partial charge in [0.25, 0.3) is 11.7 Å². The number of rotatable bonds is 6. The highest BCUT2D eigenvalue weighted by Gasteiger charge is 2.45. The van der Waals surface area contributed by atoms with Gasteiger partial charge in [0.15, 0.2) is 0 Å². The van der Waals surface area contributed by atoms with Crippen molar-refractivity contribution in [2.24, 2.45) is 0 Å². The summed E-state index contributed by atoms with van der Waals surface area (Å²) in [7, 11) is 1.56. The Labute approximate surface area is 156 Å². The molecule has 27 heavy (non-hydrogen) atoms. The van der Waals surface area contributed by atoms with Gasteiger partial charge in [0.05, 0.1) is 11.6 Å². The van der Waals surface area contributed by atoms with Gasteiger partial charge in [0.2, 0.25) is 0 Å². The minimum absolute atomic E-state index is 0.00535.